The number of hydrazone groups is 1. The third-order valence-electron chi connectivity index (χ3n) is 2.90. The maximum atomic E-state index is 12.7. The SMILES string of the molecule is CCOc1ccccc1C=NNc1cc(C(F)(F)F)ccc1Cl. The summed E-state index contributed by atoms with van der Waals surface area (Å²) >= 11 is 5.88. The molecule has 0 aliphatic heterocycles. The van der Waals surface area contributed by atoms with E-state index in [1.165, 1.54) is 12.3 Å². The fraction of sp³-hybridized carbons (Fsp3) is 0.188. The number of alkyl halides is 3. The highest BCUT2D eigenvalue weighted by atomic mass is 35.5. The Morgan fingerprint density at radius 2 is 1.96 bits per heavy atom. The number of hydrogen-bond acceptors (Lipinski definition) is 3. The van der Waals surface area contributed by atoms with E-state index in [1.807, 2.05) is 13.0 Å². The molecule has 122 valence electrons. The fourth-order valence-electron chi connectivity index (χ4n) is 1.83. The Bertz CT molecular complexity index is 702. The lowest BCUT2D eigenvalue weighted by atomic mass is 10.2. The van der Waals surface area contributed by atoms with Gasteiger partial charge in [-0.2, -0.15) is 18.3 Å². The minimum atomic E-state index is -4.44. The van der Waals surface area contributed by atoms with Crippen LogP contribution in [0.3, 0.4) is 0 Å². The molecule has 0 atom stereocenters. The van der Waals surface area contributed by atoms with Crippen molar-refractivity contribution in [2.75, 3.05) is 12.0 Å². The van der Waals surface area contributed by atoms with Crippen molar-refractivity contribution in [3.8, 4) is 5.75 Å². The van der Waals surface area contributed by atoms with Gasteiger partial charge in [0.2, 0.25) is 0 Å². The van der Waals surface area contributed by atoms with Gasteiger partial charge in [0.25, 0.3) is 0 Å². The predicted molar refractivity (Wildman–Crippen MR) is 85.3 cm³/mol. The molecule has 0 fully saturated rings. The van der Waals surface area contributed by atoms with E-state index in [1.54, 1.807) is 18.2 Å². The fourth-order valence-corrected chi connectivity index (χ4v) is 1.99. The van der Waals surface area contributed by atoms with Crippen molar-refractivity contribution in [1.82, 2.24) is 0 Å². The van der Waals surface area contributed by atoms with Crippen molar-refractivity contribution in [2.24, 2.45) is 5.10 Å². The first kappa shape index (κ1) is 17.1. The second kappa shape index (κ2) is 7.37. The second-order valence-electron chi connectivity index (χ2n) is 4.53. The lowest BCUT2D eigenvalue weighted by Crippen LogP contribution is -2.05. The van der Waals surface area contributed by atoms with Crippen molar-refractivity contribution < 1.29 is 17.9 Å². The third kappa shape index (κ3) is 4.63. The van der Waals surface area contributed by atoms with Crippen LogP contribution in [0.1, 0.15) is 18.1 Å². The molecule has 0 amide bonds. The summed E-state index contributed by atoms with van der Waals surface area (Å²) in [6.45, 7) is 2.35. The number of nitrogens with zero attached hydrogens (tertiary/aromatic N) is 1. The van der Waals surface area contributed by atoms with Crippen LogP contribution in [0.15, 0.2) is 47.6 Å². The van der Waals surface area contributed by atoms with Crippen LogP contribution in [0, 0.1) is 0 Å². The van der Waals surface area contributed by atoms with Crippen molar-refractivity contribution in [3.63, 3.8) is 0 Å². The number of anilines is 1. The number of ether oxygens (including phenoxy) is 1. The maximum Gasteiger partial charge on any atom is 0.416 e. The molecule has 0 aliphatic rings. The van der Waals surface area contributed by atoms with Gasteiger partial charge in [-0.05, 0) is 37.3 Å². The van der Waals surface area contributed by atoms with Crippen LogP contribution in [-0.4, -0.2) is 12.8 Å². The first-order valence-corrected chi connectivity index (χ1v) is 7.17. The van der Waals surface area contributed by atoms with Crippen molar-refractivity contribution in [2.45, 2.75) is 13.1 Å². The van der Waals surface area contributed by atoms with Gasteiger partial charge in [-0.15, -0.1) is 0 Å². The van der Waals surface area contributed by atoms with Crippen LogP contribution in [0.4, 0.5) is 18.9 Å². The van der Waals surface area contributed by atoms with Gasteiger partial charge in [0.15, 0.2) is 0 Å². The smallest absolute Gasteiger partial charge is 0.416 e. The molecule has 0 aromatic heterocycles. The number of nitrogens with one attached hydrogen (secondary N) is 1. The number of rotatable bonds is 5. The summed E-state index contributed by atoms with van der Waals surface area (Å²) in [5.41, 5.74) is 2.50. The number of halogens is 4. The van der Waals surface area contributed by atoms with Crippen LogP contribution in [0.25, 0.3) is 0 Å². The van der Waals surface area contributed by atoms with Crippen LogP contribution in [0.2, 0.25) is 5.02 Å². The maximum absolute atomic E-state index is 12.7. The van der Waals surface area contributed by atoms with E-state index in [9.17, 15) is 13.2 Å². The summed E-state index contributed by atoms with van der Waals surface area (Å²) < 4.78 is 43.5. The van der Waals surface area contributed by atoms with Crippen LogP contribution < -0.4 is 10.2 Å². The van der Waals surface area contributed by atoms with E-state index in [0.29, 0.717) is 17.9 Å². The average Bonchev–Trinajstić information content (AvgIpc) is 2.50. The minimum absolute atomic E-state index is 0.0756. The van der Waals surface area contributed by atoms with Gasteiger partial charge in [-0.25, -0.2) is 0 Å². The molecule has 0 spiro atoms. The van der Waals surface area contributed by atoms with E-state index in [-0.39, 0.29) is 10.7 Å². The molecule has 7 heteroatoms. The molecule has 2 rings (SSSR count). The van der Waals surface area contributed by atoms with Gasteiger partial charge in [-0.1, -0.05) is 23.7 Å². The second-order valence-corrected chi connectivity index (χ2v) is 4.94. The van der Waals surface area contributed by atoms with Crippen LogP contribution >= 0.6 is 11.6 Å². The lowest BCUT2D eigenvalue weighted by Gasteiger charge is -2.10. The van der Waals surface area contributed by atoms with Gasteiger partial charge in [-0.3, -0.25) is 5.43 Å². The molecule has 0 saturated heterocycles. The normalized spacial score (nSPS) is 11.7. The first-order chi connectivity index (χ1) is 10.9. The molecule has 1 N–H and O–H groups in total. The third-order valence-corrected chi connectivity index (χ3v) is 3.23. The minimum Gasteiger partial charge on any atom is -0.493 e. The summed E-state index contributed by atoms with van der Waals surface area (Å²) in [6.07, 6.45) is -2.98. The molecule has 0 unspecified atom stereocenters. The Hall–Kier alpha value is -2.21. The molecule has 0 aliphatic carbocycles. The lowest BCUT2D eigenvalue weighted by molar-refractivity contribution is -0.137. The quantitative estimate of drug-likeness (QED) is 0.598. The Kier molecular flexibility index (Phi) is 5.50. The van der Waals surface area contributed by atoms with Gasteiger partial charge in [0.05, 0.1) is 29.1 Å². The molecule has 0 heterocycles. The highest BCUT2D eigenvalue weighted by Gasteiger charge is 2.30. The topological polar surface area (TPSA) is 33.6 Å². The molecule has 23 heavy (non-hydrogen) atoms. The van der Waals surface area contributed by atoms with Gasteiger partial charge in [0.1, 0.15) is 5.75 Å². The largest absolute Gasteiger partial charge is 0.493 e. The Balaban J connectivity index is 2.18. The average molecular weight is 343 g/mol. The summed E-state index contributed by atoms with van der Waals surface area (Å²) in [6, 6.07) is 10.2. The molecule has 2 aromatic rings. The number of para-hydroxylation sites is 1. The first-order valence-electron chi connectivity index (χ1n) is 6.79. The summed E-state index contributed by atoms with van der Waals surface area (Å²) in [7, 11) is 0. The standard InChI is InChI=1S/C16H14ClF3N2O/c1-2-23-15-6-4-3-5-11(15)10-21-22-14-9-12(16(18,19)20)7-8-13(14)17/h3-10,22H,2H2,1H3. The van der Waals surface area contributed by atoms with E-state index in [0.717, 1.165) is 12.1 Å². The monoisotopic (exact) mass is 342 g/mol. The summed E-state index contributed by atoms with van der Waals surface area (Å²) in [4.78, 5) is 0. The molecular weight excluding hydrogens is 329 g/mol. The zero-order valence-corrected chi connectivity index (χ0v) is 12.9. The Morgan fingerprint density at radius 3 is 2.65 bits per heavy atom. The molecule has 3 nitrogen and oxygen atoms in total. The molecule has 2 aromatic carbocycles. The van der Waals surface area contributed by atoms with E-state index < -0.39 is 11.7 Å². The van der Waals surface area contributed by atoms with Gasteiger partial charge < -0.3 is 4.74 Å². The highest BCUT2D eigenvalue weighted by molar-refractivity contribution is 6.33. The molecule has 0 bridgehead atoms. The predicted octanol–water partition coefficient (Wildman–Crippen LogP) is 5.20. The zero-order chi connectivity index (χ0) is 16.9. The van der Waals surface area contributed by atoms with E-state index >= 15 is 0 Å². The summed E-state index contributed by atoms with van der Waals surface area (Å²) in [5, 5.41) is 4.08. The van der Waals surface area contributed by atoms with Crippen molar-refractivity contribution in [1.29, 1.82) is 0 Å². The molecule has 0 radical (unpaired) electrons. The van der Waals surface area contributed by atoms with Crippen molar-refractivity contribution >= 4 is 23.5 Å². The highest BCUT2D eigenvalue weighted by Crippen LogP contribution is 2.33. The van der Waals surface area contributed by atoms with Gasteiger partial charge >= 0.3 is 6.18 Å². The zero-order valence-electron chi connectivity index (χ0n) is 12.2. The Labute approximate surface area is 136 Å². The summed E-state index contributed by atoms with van der Waals surface area (Å²) in [5.74, 6) is 0.635. The van der Waals surface area contributed by atoms with E-state index in [4.69, 9.17) is 16.3 Å². The number of hydrogen-bond donors (Lipinski definition) is 1. The van der Waals surface area contributed by atoms with Crippen LogP contribution in [-0.2, 0) is 6.18 Å². The van der Waals surface area contributed by atoms with Crippen molar-refractivity contribution in [3.05, 3.63) is 58.6 Å². The Morgan fingerprint density at radius 1 is 1.22 bits per heavy atom. The van der Waals surface area contributed by atoms with Crippen LogP contribution in [0.5, 0.6) is 5.75 Å². The van der Waals surface area contributed by atoms with E-state index in [2.05, 4.69) is 10.5 Å². The molecule has 0 saturated carbocycles. The number of benzene rings is 2. The molecular formula is C16H14ClF3N2O. The van der Waals surface area contributed by atoms with Gasteiger partial charge in [0, 0.05) is 5.56 Å².